The molecular weight excluding hydrogens is 264 g/mol. The Labute approximate surface area is 119 Å². The van der Waals surface area contributed by atoms with E-state index in [4.69, 9.17) is 16.3 Å². The molecule has 0 fully saturated rings. The molecule has 0 saturated heterocycles. The molecule has 0 spiro atoms. The number of carbonyl (C=O) groups is 1. The van der Waals surface area contributed by atoms with Gasteiger partial charge in [-0.05, 0) is 48.9 Å². The number of aromatic hydroxyl groups is 1. The van der Waals surface area contributed by atoms with Crippen molar-refractivity contribution in [3.8, 4) is 5.75 Å². The first kappa shape index (κ1) is 15.8. The van der Waals surface area contributed by atoms with Gasteiger partial charge in [0.1, 0.15) is 11.3 Å². The summed E-state index contributed by atoms with van der Waals surface area (Å²) in [5.41, 5.74) is 3.27. The molecule has 0 heterocycles. The van der Waals surface area contributed by atoms with Crippen LogP contribution in [-0.2, 0) is 24.0 Å². The Morgan fingerprint density at radius 1 is 1.26 bits per heavy atom. The number of esters is 1. The fourth-order valence-electron chi connectivity index (χ4n) is 2.37. The van der Waals surface area contributed by atoms with Crippen molar-refractivity contribution in [3.63, 3.8) is 0 Å². The molecule has 1 rings (SSSR count). The number of hydrogen-bond donors (Lipinski definition) is 1. The van der Waals surface area contributed by atoms with E-state index in [0.717, 1.165) is 23.1 Å². The SMILES string of the molecule is CCOC(=O)c1c(O)cc(CC)c(CCCl)c1CC. The zero-order valence-electron chi connectivity index (χ0n) is 11.8. The van der Waals surface area contributed by atoms with Crippen LogP contribution in [0.5, 0.6) is 5.75 Å². The maximum absolute atomic E-state index is 12.0. The average molecular weight is 285 g/mol. The fraction of sp³-hybridized carbons (Fsp3) is 0.533. The second-order valence-corrected chi connectivity index (χ2v) is 4.63. The third-order valence-corrected chi connectivity index (χ3v) is 3.37. The number of carbonyl (C=O) groups excluding carboxylic acids is 1. The minimum absolute atomic E-state index is 0.00507. The van der Waals surface area contributed by atoms with Crippen LogP contribution in [0.3, 0.4) is 0 Å². The molecule has 0 amide bonds. The number of ether oxygens (including phenoxy) is 1. The molecule has 0 aromatic heterocycles. The molecule has 0 aliphatic carbocycles. The molecule has 4 heteroatoms. The van der Waals surface area contributed by atoms with Crippen LogP contribution in [0, 0.1) is 0 Å². The number of phenolic OH excluding ortho intramolecular Hbond substituents is 1. The first-order valence-electron chi connectivity index (χ1n) is 6.70. The van der Waals surface area contributed by atoms with Crippen LogP contribution in [-0.4, -0.2) is 23.6 Å². The Morgan fingerprint density at radius 2 is 1.95 bits per heavy atom. The van der Waals surface area contributed by atoms with Crippen LogP contribution in [0.2, 0.25) is 0 Å². The molecule has 0 saturated carbocycles. The highest BCUT2D eigenvalue weighted by atomic mass is 35.5. The summed E-state index contributed by atoms with van der Waals surface area (Å²) in [5, 5.41) is 10.1. The van der Waals surface area contributed by atoms with Crippen LogP contribution in [0.15, 0.2) is 6.07 Å². The van der Waals surface area contributed by atoms with Crippen LogP contribution in [0.1, 0.15) is 47.8 Å². The van der Waals surface area contributed by atoms with E-state index >= 15 is 0 Å². The lowest BCUT2D eigenvalue weighted by Gasteiger charge is -2.17. The Bertz CT molecular complexity index is 455. The molecule has 0 aliphatic heterocycles. The molecule has 1 N–H and O–H groups in total. The largest absolute Gasteiger partial charge is 0.507 e. The van der Waals surface area contributed by atoms with Gasteiger partial charge < -0.3 is 9.84 Å². The normalized spacial score (nSPS) is 10.5. The topological polar surface area (TPSA) is 46.5 Å². The standard InChI is InChI=1S/C15H21ClO3/c1-4-10-9-13(17)14(15(18)19-6-3)11(5-2)12(10)7-8-16/h9,17H,4-8H2,1-3H3. The van der Waals surface area contributed by atoms with E-state index in [-0.39, 0.29) is 5.75 Å². The van der Waals surface area contributed by atoms with Gasteiger partial charge in [0, 0.05) is 5.88 Å². The van der Waals surface area contributed by atoms with Gasteiger partial charge in [-0.25, -0.2) is 4.79 Å². The predicted molar refractivity (Wildman–Crippen MR) is 77.2 cm³/mol. The van der Waals surface area contributed by atoms with Crippen LogP contribution in [0.4, 0.5) is 0 Å². The Hall–Kier alpha value is -1.22. The van der Waals surface area contributed by atoms with E-state index < -0.39 is 5.97 Å². The second-order valence-electron chi connectivity index (χ2n) is 4.25. The fourth-order valence-corrected chi connectivity index (χ4v) is 2.56. The number of rotatable bonds is 6. The summed E-state index contributed by atoms with van der Waals surface area (Å²) >= 11 is 5.85. The zero-order chi connectivity index (χ0) is 14.4. The van der Waals surface area contributed by atoms with Crippen LogP contribution >= 0.6 is 11.6 Å². The molecule has 0 unspecified atom stereocenters. The van der Waals surface area contributed by atoms with Crippen molar-refractivity contribution in [1.29, 1.82) is 0 Å². The Balaban J connectivity index is 3.45. The average Bonchev–Trinajstić information content (AvgIpc) is 2.39. The van der Waals surface area contributed by atoms with Gasteiger partial charge in [0.15, 0.2) is 0 Å². The molecule has 0 radical (unpaired) electrons. The van der Waals surface area contributed by atoms with Gasteiger partial charge in [-0.2, -0.15) is 0 Å². The summed E-state index contributed by atoms with van der Waals surface area (Å²) in [6.45, 7) is 6.03. The summed E-state index contributed by atoms with van der Waals surface area (Å²) < 4.78 is 5.03. The van der Waals surface area contributed by atoms with E-state index in [1.165, 1.54) is 0 Å². The number of alkyl halides is 1. The number of benzene rings is 1. The maximum Gasteiger partial charge on any atom is 0.342 e. The highest BCUT2D eigenvalue weighted by Gasteiger charge is 2.21. The molecule has 0 bridgehead atoms. The Morgan fingerprint density at radius 3 is 2.42 bits per heavy atom. The molecule has 106 valence electrons. The number of aryl methyl sites for hydroxylation is 1. The molecule has 0 aliphatic rings. The van der Waals surface area contributed by atoms with Crippen LogP contribution in [0.25, 0.3) is 0 Å². The van der Waals surface area contributed by atoms with E-state index in [1.807, 2.05) is 13.8 Å². The van der Waals surface area contributed by atoms with E-state index in [9.17, 15) is 9.90 Å². The highest BCUT2D eigenvalue weighted by molar-refractivity contribution is 6.18. The van der Waals surface area contributed by atoms with Crippen molar-refractivity contribution < 1.29 is 14.6 Å². The first-order valence-corrected chi connectivity index (χ1v) is 7.23. The predicted octanol–water partition coefficient (Wildman–Crippen LogP) is 3.48. The van der Waals surface area contributed by atoms with Gasteiger partial charge >= 0.3 is 5.97 Å². The summed E-state index contributed by atoms with van der Waals surface area (Å²) in [7, 11) is 0. The summed E-state index contributed by atoms with van der Waals surface area (Å²) in [6.07, 6.45) is 2.16. The monoisotopic (exact) mass is 284 g/mol. The number of halogens is 1. The van der Waals surface area contributed by atoms with Gasteiger partial charge in [-0.3, -0.25) is 0 Å². The van der Waals surface area contributed by atoms with E-state index in [2.05, 4.69) is 0 Å². The minimum atomic E-state index is -0.463. The Kier molecular flexibility index (Phi) is 6.16. The summed E-state index contributed by atoms with van der Waals surface area (Å²) in [5.74, 6) is 0.0355. The third-order valence-electron chi connectivity index (χ3n) is 3.18. The van der Waals surface area contributed by atoms with Crippen molar-refractivity contribution >= 4 is 17.6 Å². The maximum atomic E-state index is 12.0. The van der Waals surface area contributed by atoms with Crippen molar-refractivity contribution in [3.05, 3.63) is 28.3 Å². The lowest BCUT2D eigenvalue weighted by atomic mass is 9.90. The molecular formula is C15H21ClO3. The summed E-state index contributed by atoms with van der Waals surface area (Å²) in [6, 6.07) is 1.66. The molecule has 0 atom stereocenters. The lowest BCUT2D eigenvalue weighted by Crippen LogP contribution is -2.12. The van der Waals surface area contributed by atoms with Crippen LogP contribution < -0.4 is 0 Å². The highest BCUT2D eigenvalue weighted by Crippen LogP contribution is 2.30. The third kappa shape index (κ3) is 3.41. The van der Waals surface area contributed by atoms with Crippen molar-refractivity contribution in [2.75, 3.05) is 12.5 Å². The van der Waals surface area contributed by atoms with Gasteiger partial charge in [0.2, 0.25) is 0 Å². The van der Waals surface area contributed by atoms with E-state index in [1.54, 1.807) is 13.0 Å². The number of phenols is 1. The van der Waals surface area contributed by atoms with E-state index in [0.29, 0.717) is 30.9 Å². The molecule has 1 aromatic carbocycles. The first-order chi connectivity index (χ1) is 9.10. The quantitative estimate of drug-likeness (QED) is 0.643. The number of hydrogen-bond acceptors (Lipinski definition) is 3. The van der Waals surface area contributed by atoms with Gasteiger partial charge in [-0.15, -0.1) is 11.6 Å². The zero-order valence-corrected chi connectivity index (χ0v) is 12.5. The molecule has 3 nitrogen and oxygen atoms in total. The van der Waals surface area contributed by atoms with Crippen molar-refractivity contribution in [2.45, 2.75) is 40.0 Å². The second kappa shape index (κ2) is 7.39. The minimum Gasteiger partial charge on any atom is -0.507 e. The van der Waals surface area contributed by atoms with Gasteiger partial charge in [0.25, 0.3) is 0 Å². The van der Waals surface area contributed by atoms with Crippen molar-refractivity contribution in [2.24, 2.45) is 0 Å². The molecule has 19 heavy (non-hydrogen) atoms. The van der Waals surface area contributed by atoms with Gasteiger partial charge in [0.05, 0.1) is 6.61 Å². The summed E-state index contributed by atoms with van der Waals surface area (Å²) in [4.78, 5) is 12.0. The van der Waals surface area contributed by atoms with Crippen molar-refractivity contribution in [1.82, 2.24) is 0 Å². The smallest absolute Gasteiger partial charge is 0.342 e. The lowest BCUT2D eigenvalue weighted by molar-refractivity contribution is 0.0521. The molecule has 1 aromatic rings. The van der Waals surface area contributed by atoms with Gasteiger partial charge in [-0.1, -0.05) is 13.8 Å².